The number of nitrogens with one attached hydrogen (secondary N) is 2. The number of H-pyrrole nitrogens is 1. The highest BCUT2D eigenvalue weighted by molar-refractivity contribution is 9.10. The first-order chi connectivity index (χ1) is 12.2. The average Bonchev–Trinajstić information content (AvgIpc) is 3.10. The van der Waals surface area contributed by atoms with E-state index < -0.39 is 6.10 Å². The van der Waals surface area contributed by atoms with Gasteiger partial charge in [-0.15, -0.1) is 5.10 Å². The van der Waals surface area contributed by atoms with Gasteiger partial charge in [-0.1, -0.05) is 40.2 Å². The lowest BCUT2D eigenvalue weighted by Gasteiger charge is -2.25. The third kappa shape index (κ3) is 3.34. The van der Waals surface area contributed by atoms with Gasteiger partial charge in [-0.05, 0) is 24.3 Å². The zero-order valence-electron chi connectivity index (χ0n) is 12.9. The molecule has 0 saturated carbocycles. The summed E-state index contributed by atoms with van der Waals surface area (Å²) in [5, 5.41) is 9.46. The first kappa shape index (κ1) is 15.6. The fourth-order valence-electron chi connectivity index (χ4n) is 2.42. The second-order valence-electron chi connectivity index (χ2n) is 5.37. The monoisotopic (exact) mass is 400 g/mol. The number of carbonyl (C=O) groups is 1. The average molecular weight is 401 g/mol. The number of para-hydroxylation sites is 2. The van der Waals surface area contributed by atoms with Crippen LogP contribution in [0, 0.1) is 0 Å². The summed E-state index contributed by atoms with van der Waals surface area (Å²) < 4.78 is 12.1. The van der Waals surface area contributed by atoms with Crippen molar-refractivity contribution < 1.29 is 14.3 Å². The second-order valence-corrected chi connectivity index (χ2v) is 6.29. The van der Waals surface area contributed by atoms with Crippen molar-refractivity contribution in [1.29, 1.82) is 0 Å². The molecule has 1 aliphatic rings. The van der Waals surface area contributed by atoms with E-state index in [4.69, 9.17) is 9.47 Å². The van der Waals surface area contributed by atoms with Crippen molar-refractivity contribution in [3.63, 3.8) is 0 Å². The molecule has 1 atom stereocenters. The molecule has 1 aliphatic heterocycles. The SMILES string of the molecule is O=C(Nc1n[nH]c(-c2cccc(Br)c2)n1)[C@@H]1COc2ccccc2O1. The van der Waals surface area contributed by atoms with E-state index in [0.29, 0.717) is 17.3 Å². The lowest BCUT2D eigenvalue weighted by atomic mass is 10.2. The molecule has 126 valence electrons. The normalized spacial score (nSPS) is 15.6. The third-order valence-electron chi connectivity index (χ3n) is 3.62. The number of rotatable bonds is 3. The standard InChI is InChI=1S/C17H13BrN4O3/c18-11-5-3-4-10(8-11)15-19-17(22-21-15)20-16(23)14-9-24-12-6-1-2-7-13(12)25-14/h1-8,14H,9H2,(H2,19,20,21,22,23)/t14-/m0/s1. The van der Waals surface area contributed by atoms with Crippen LogP contribution in [0.4, 0.5) is 5.95 Å². The van der Waals surface area contributed by atoms with Crippen molar-refractivity contribution in [3.8, 4) is 22.9 Å². The number of hydrogen-bond acceptors (Lipinski definition) is 5. The molecular formula is C17H13BrN4O3. The summed E-state index contributed by atoms with van der Waals surface area (Å²) in [4.78, 5) is 16.6. The highest BCUT2D eigenvalue weighted by atomic mass is 79.9. The largest absolute Gasteiger partial charge is 0.485 e. The number of benzene rings is 2. The number of nitrogens with zero attached hydrogens (tertiary/aromatic N) is 2. The van der Waals surface area contributed by atoms with Crippen LogP contribution in [0.1, 0.15) is 0 Å². The van der Waals surface area contributed by atoms with Crippen LogP contribution < -0.4 is 14.8 Å². The van der Waals surface area contributed by atoms with Gasteiger partial charge in [-0.2, -0.15) is 4.98 Å². The Labute approximate surface area is 151 Å². The Hall–Kier alpha value is -2.87. The number of anilines is 1. The van der Waals surface area contributed by atoms with Gasteiger partial charge in [0, 0.05) is 10.0 Å². The molecule has 0 fully saturated rings. The summed E-state index contributed by atoms with van der Waals surface area (Å²) in [6.45, 7) is 0.131. The van der Waals surface area contributed by atoms with Crippen LogP contribution in [0.2, 0.25) is 0 Å². The Morgan fingerprint density at radius 2 is 2.04 bits per heavy atom. The summed E-state index contributed by atoms with van der Waals surface area (Å²) in [6.07, 6.45) is -0.761. The molecule has 0 radical (unpaired) electrons. The number of aromatic nitrogens is 3. The van der Waals surface area contributed by atoms with Gasteiger partial charge in [-0.25, -0.2) is 0 Å². The maximum absolute atomic E-state index is 12.4. The second kappa shape index (κ2) is 6.56. The Bertz CT molecular complexity index is 928. The van der Waals surface area contributed by atoms with E-state index in [2.05, 4.69) is 36.4 Å². The predicted octanol–water partition coefficient (Wildman–Crippen LogP) is 3.01. The van der Waals surface area contributed by atoms with E-state index in [1.165, 1.54) is 0 Å². The van der Waals surface area contributed by atoms with Crippen LogP contribution in [0.15, 0.2) is 53.0 Å². The minimum absolute atomic E-state index is 0.131. The number of hydrogen-bond donors (Lipinski definition) is 2. The maximum Gasteiger partial charge on any atom is 0.271 e. The molecule has 8 heteroatoms. The minimum atomic E-state index is -0.761. The molecular weight excluding hydrogens is 388 g/mol. The van der Waals surface area contributed by atoms with Crippen molar-refractivity contribution >= 4 is 27.8 Å². The Kier molecular flexibility index (Phi) is 4.10. The molecule has 25 heavy (non-hydrogen) atoms. The quantitative estimate of drug-likeness (QED) is 0.705. The Morgan fingerprint density at radius 3 is 2.88 bits per heavy atom. The summed E-state index contributed by atoms with van der Waals surface area (Å²) in [5.74, 6) is 1.54. The number of fused-ring (bicyclic) bond motifs is 1. The molecule has 0 bridgehead atoms. The summed E-state index contributed by atoms with van der Waals surface area (Å²) in [7, 11) is 0. The highest BCUT2D eigenvalue weighted by Crippen LogP contribution is 2.31. The van der Waals surface area contributed by atoms with Gasteiger partial charge in [0.25, 0.3) is 5.91 Å². The van der Waals surface area contributed by atoms with E-state index in [1.807, 2.05) is 36.4 Å². The number of ether oxygens (including phenoxy) is 2. The molecule has 2 N–H and O–H groups in total. The molecule has 7 nitrogen and oxygen atoms in total. The third-order valence-corrected chi connectivity index (χ3v) is 4.11. The number of amides is 1. The van der Waals surface area contributed by atoms with Crippen molar-refractivity contribution in [2.24, 2.45) is 0 Å². The molecule has 3 aromatic rings. The van der Waals surface area contributed by atoms with Crippen LogP contribution in [0.5, 0.6) is 11.5 Å². The molecule has 2 heterocycles. The van der Waals surface area contributed by atoms with E-state index in [1.54, 1.807) is 12.1 Å². The number of aromatic amines is 1. The molecule has 1 amide bonds. The molecule has 0 unspecified atom stereocenters. The lowest BCUT2D eigenvalue weighted by Crippen LogP contribution is -2.40. The van der Waals surface area contributed by atoms with Gasteiger partial charge in [-0.3, -0.25) is 15.2 Å². The summed E-state index contributed by atoms with van der Waals surface area (Å²) in [6, 6.07) is 14.8. The Morgan fingerprint density at radius 1 is 1.20 bits per heavy atom. The molecule has 0 spiro atoms. The van der Waals surface area contributed by atoms with Gasteiger partial charge < -0.3 is 9.47 Å². The summed E-state index contributed by atoms with van der Waals surface area (Å²) in [5.41, 5.74) is 0.855. The van der Waals surface area contributed by atoms with Crippen LogP contribution in [0.3, 0.4) is 0 Å². The fraction of sp³-hybridized carbons (Fsp3) is 0.118. The molecule has 1 aromatic heterocycles. The Balaban J connectivity index is 1.45. The van der Waals surface area contributed by atoms with Gasteiger partial charge in [0.15, 0.2) is 17.3 Å². The predicted molar refractivity (Wildman–Crippen MR) is 94.5 cm³/mol. The van der Waals surface area contributed by atoms with Crippen LogP contribution >= 0.6 is 15.9 Å². The number of carbonyl (C=O) groups excluding carboxylic acids is 1. The first-order valence-corrected chi connectivity index (χ1v) is 8.36. The van der Waals surface area contributed by atoms with Crippen LogP contribution in [-0.4, -0.2) is 33.8 Å². The molecule has 0 saturated heterocycles. The number of halogens is 1. The van der Waals surface area contributed by atoms with Crippen molar-refractivity contribution in [2.75, 3.05) is 11.9 Å². The molecule has 2 aromatic carbocycles. The van der Waals surface area contributed by atoms with Crippen molar-refractivity contribution in [2.45, 2.75) is 6.10 Å². The van der Waals surface area contributed by atoms with Crippen LogP contribution in [0.25, 0.3) is 11.4 Å². The molecule has 0 aliphatic carbocycles. The van der Waals surface area contributed by atoms with Crippen molar-refractivity contribution in [3.05, 3.63) is 53.0 Å². The maximum atomic E-state index is 12.4. The van der Waals surface area contributed by atoms with E-state index in [9.17, 15) is 4.79 Å². The first-order valence-electron chi connectivity index (χ1n) is 7.57. The van der Waals surface area contributed by atoms with E-state index in [-0.39, 0.29) is 18.5 Å². The topological polar surface area (TPSA) is 89.1 Å². The fourth-order valence-corrected chi connectivity index (χ4v) is 2.82. The minimum Gasteiger partial charge on any atom is -0.485 e. The van der Waals surface area contributed by atoms with E-state index in [0.717, 1.165) is 10.0 Å². The van der Waals surface area contributed by atoms with Crippen molar-refractivity contribution in [1.82, 2.24) is 15.2 Å². The van der Waals surface area contributed by atoms with Gasteiger partial charge in [0.2, 0.25) is 12.1 Å². The smallest absolute Gasteiger partial charge is 0.271 e. The van der Waals surface area contributed by atoms with E-state index >= 15 is 0 Å². The summed E-state index contributed by atoms with van der Waals surface area (Å²) >= 11 is 3.41. The van der Waals surface area contributed by atoms with Gasteiger partial charge >= 0.3 is 0 Å². The zero-order chi connectivity index (χ0) is 17.2. The zero-order valence-corrected chi connectivity index (χ0v) is 14.5. The molecule has 4 rings (SSSR count). The lowest BCUT2D eigenvalue weighted by molar-refractivity contribution is -0.125. The van der Waals surface area contributed by atoms with Gasteiger partial charge in [0.05, 0.1) is 0 Å². The highest BCUT2D eigenvalue weighted by Gasteiger charge is 2.28. The van der Waals surface area contributed by atoms with Gasteiger partial charge in [0.1, 0.15) is 6.61 Å². The van der Waals surface area contributed by atoms with Crippen LogP contribution in [-0.2, 0) is 4.79 Å².